The van der Waals surface area contributed by atoms with Crippen molar-refractivity contribution in [2.45, 2.75) is 18.8 Å². The van der Waals surface area contributed by atoms with Crippen LogP contribution in [0.25, 0.3) is 11.4 Å². The molecule has 140 valence electrons. The van der Waals surface area contributed by atoms with Gasteiger partial charge < -0.3 is 15.2 Å². The fraction of sp³-hybridized carbons (Fsp3) is 0.412. The Morgan fingerprint density at radius 1 is 1.31 bits per heavy atom. The summed E-state index contributed by atoms with van der Waals surface area (Å²) >= 11 is 0. The molecule has 1 aromatic carbocycles. The van der Waals surface area contributed by atoms with Crippen LogP contribution in [0.1, 0.15) is 24.6 Å². The van der Waals surface area contributed by atoms with Gasteiger partial charge in [-0.2, -0.15) is 5.10 Å². The van der Waals surface area contributed by atoms with Gasteiger partial charge in [-0.25, -0.2) is 18.2 Å². The second-order valence-corrected chi connectivity index (χ2v) is 5.95. The Morgan fingerprint density at radius 3 is 2.62 bits per heavy atom. The van der Waals surface area contributed by atoms with E-state index in [2.05, 4.69) is 15.2 Å². The number of halogens is 3. The molecule has 0 bridgehead atoms. The van der Waals surface area contributed by atoms with Crippen LogP contribution in [-0.4, -0.2) is 41.5 Å². The highest BCUT2D eigenvalue weighted by Crippen LogP contribution is 2.30. The van der Waals surface area contributed by atoms with Gasteiger partial charge in [-0.1, -0.05) is 0 Å². The van der Waals surface area contributed by atoms with Crippen molar-refractivity contribution in [3.8, 4) is 17.1 Å². The molecule has 0 amide bonds. The standard InChI is InChI=1S/C17H19F3N4O2/c18-7-10(8-21)9-26-12-5-13(19)15(14(20)6-12)17-22-16(23-24-17)11-1-3-25-4-2-11/h5-7,11H,1-4,8-9,21H2,(H,22,23,24)/b10-7+. The van der Waals surface area contributed by atoms with E-state index in [9.17, 15) is 13.2 Å². The summed E-state index contributed by atoms with van der Waals surface area (Å²) in [5.41, 5.74) is 5.14. The van der Waals surface area contributed by atoms with Gasteiger partial charge in [0.05, 0.1) is 11.9 Å². The Balaban J connectivity index is 1.79. The minimum atomic E-state index is -0.865. The Hall–Kier alpha value is -2.39. The molecule has 2 heterocycles. The maximum absolute atomic E-state index is 14.4. The van der Waals surface area contributed by atoms with Crippen molar-refractivity contribution in [3.05, 3.63) is 41.5 Å². The first-order chi connectivity index (χ1) is 12.6. The first-order valence-corrected chi connectivity index (χ1v) is 8.22. The van der Waals surface area contributed by atoms with Crippen LogP contribution in [0.2, 0.25) is 0 Å². The number of nitrogens with zero attached hydrogens (tertiary/aromatic N) is 2. The molecule has 0 spiro atoms. The predicted molar refractivity (Wildman–Crippen MR) is 88.3 cm³/mol. The SMILES string of the molecule is NC/C(=C\F)COc1cc(F)c(-c2n[nH]c(C3CCOCC3)n2)c(F)c1. The summed E-state index contributed by atoms with van der Waals surface area (Å²) < 4.78 is 51.7. The summed E-state index contributed by atoms with van der Waals surface area (Å²) in [4.78, 5) is 4.24. The number of rotatable bonds is 6. The normalized spacial score (nSPS) is 16.1. The average Bonchev–Trinajstić information content (AvgIpc) is 3.12. The third-order valence-electron chi connectivity index (χ3n) is 4.19. The van der Waals surface area contributed by atoms with Crippen LogP contribution in [0.5, 0.6) is 5.75 Å². The van der Waals surface area contributed by atoms with Gasteiger partial charge in [-0.05, 0) is 12.8 Å². The summed E-state index contributed by atoms with van der Waals surface area (Å²) in [6, 6.07) is 2.02. The Labute approximate surface area is 148 Å². The van der Waals surface area contributed by atoms with E-state index in [-0.39, 0.29) is 41.8 Å². The van der Waals surface area contributed by atoms with Gasteiger partial charge in [-0.3, -0.25) is 5.10 Å². The molecule has 0 radical (unpaired) electrons. The number of benzene rings is 1. The van der Waals surface area contributed by atoms with E-state index in [4.69, 9.17) is 15.2 Å². The molecule has 1 saturated heterocycles. The lowest BCUT2D eigenvalue weighted by Crippen LogP contribution is -2.15. The molecule has 1 aliphatic heterocycles. The molecule has 3 N–H and O–H groups in total. The lowest BCUT2D eigenvalue weighted by Gasteiger charge is -2.19. The topological polar surface area (TPSA) is 86.0 Å². The third-order valence-corrected chi connectivity index (χ3v) is 4.19. The predicted octanol–water partition coefficient (Wildman–Crippen LogP) is 2.83. The second kappa shape index (κ2) is 8.33. The van der Waals surface area contributed by atoms with E-state index in [1.807, 2.05) is 0 Å². The smallest absolute Gasteiger partial charge is 0.187 e. The summed E-state index contributed by atoms with van der Waals surface area (Å²) in [5, 5.41) is 6.69. The molecule has 1 aromatic heterocycles. The fourth-order valence-electron chi connectivity index (χ4n) is 2.70. The third kappa shape index (κ3) is 4.05. The van der Waals surface area contributed by atoms with Crippen molar-refractivity contribution >= 4 is 0 Å². The molecular weight excluding hydrogens is 349 g/mol. The second-order valence-electron chi connectivity index (χ2n) is 5.95. The molecule has 2 aromatic rings. The first kappa shape index (κ1) is 18.4. The Morgan fingerprint density at radius 2 is 2.00 bits per heavy atom. The summed E-state index contributed by atoms with van der Waals surface area (Å²) in [5.74, 6) is -1.15. The highest BCUT2D eigenvalue weighted by molar-refractivity contribution is 5.58. The van der Waals surface area contributed by atoms with E-state index in [0.717, 1.165) is 25.0 Å². The van der Waals surface area contributed by atoms with E-state index < -0.39 is 11.6 Å². The lowest BCUT2D eigenvalue weighted by atomic mass is 10.00. The zero-order valence-electron chi connectivity index (χ0n) is 14.0. The minimum Gasteiger partial charge on any atom is -0.489 e. The number of hydrogen-bond acceptors (Lipinski definition) is 5. The maximum Gasteiger partial charge on any atom is 0.187 e. The highest BCUT2D eigenvalue weighted by atomic mass is 19.1. The zero-order chi connectivity index (χ0) is 18.5. The Bertz CT molecular complexity index is 765. The van der Waals surface area contributed by atoms with E-state index in [1.165, 1.54) is 0 Å². The number of nitrogens with two attached hydrogens (primary N) is 1. The van der Waals surface area contributed by atoms with Crippen LogP contribution in [0, 0.1) is 11.6 Å². The summed E-state index contributed by atoms with van der Waals surface area (Å²) in [6.45, 7) is 0.993. The molecule has 3 rings (SSSR count). The van der Waals surface area contributed by atoms with Gasteiger partial charge in [0.2, 0.25) is 0 Å². The van der Waals surface area contributed by atoms with Gasteiger partial charge in [0, 0.05) is 43.4 Å². The van der Waals surface area contributed by atoms with Gasteiger partial charge in [-0.15, -0.1) is 0 Å². The molecule has 9 heteroatoms. The molecule has 1 fully saturated rings. The number of ether oxygens (including phenoxy) is 2. The molecule has 6 nitrogen and oxygen atoms in total. The van der Waals surface area contributed by atoms with Crippen LogP contribution in [0.15, 0.2) is 24.0 Å². The van der Waals surface area contributed by atoms with E-state index >= 15 is 0 Å². The largest absolute Gasteiger partial charge is 0.489 e. The number of aromatic amines is 1. The van der Waals surface area contributed by atoms with Crippen LogP contribution < -0.4 is 10.5 Å². The Kier molecular flexibility index (Phi) is 5.89. The first-order valence-electron chi connectivity index (χ1n) is 8.22. The number of aromatic nitrogens is 3. The summed E-state index contributed by atoms with van der Waals surface area (Å²) in [7, 11) is 0. The average molecular weight is 368 g/mol. The number of H-pyrrole nitrogens is 1. The van der Waals surface area contributed by atoms with Gasteiger partial charge in [0.25, 0.3) is 0 Å². The van der Waals surface area contributed by atoms with E-state index in [0.29, 0.717) is 25.4 Å². The van der Waals surface area contributed by atoms with Crippen molar-refractivity contribution < 1.29 is 22.6 Å². The van der Waals surface area contributed by atoms with Crippen molar-refractivity contribution in [2.24, 2.45) is 5.73 Å². The van der Waals surface area contributed by atoms with E-state index in [1.54, 1.807) is 0 Å². The van der Waals surface area contributed by atoms with Crippen molar-refractivity contribution in [1.82, 2.24) is 15.2 Å². The molecule has 0 unspecified atom stereocenters. The van der Waals surface area contributed by atoms with Crippen LogP contribution in [0.3, 0.4) is 0 Å². The number of hydrogen-bond donors (Lipinski definition) is 2. The number of nitrogens with one attached hydrogen (secondary N) is 1. The quantitative estimate of drug-likeness (QED) is 0.819. The van der Waals surface area contributed by atoms with Gasteiger partial charge >= 0.3 is 0 Å². The monoisotopic (exact) mass is 368 g/mol. The van der Waals surface area contributed by atoms with Crippen LogP contribution in [0.4, 0.5) is 13.2 Å². The van der Waals surface area contributed by atoms with Crippen molar-refractivity contribution in [1.29, 1.82) is 0 Å². The zero-order valence-corrected chi connectivity index (χ0v) is 14.0. The molecule has 1 aliphatic rings. The highest BCUT2D eigenvalue weighted by Gasteiger charge is 2.23. The van der Waals surface area contributed by atoms with Gasteiger partial charge in [0.1, 0.15) is 29.8 Å². The van der Waals surface area contributed by atoms with Gasteiger partial charge in [0.15, 0.2) is 5.82 Å². The summed E-state index contributed by atoms with van der Waals surface area (Å²) in [6.07, 6.45) is 1.86. The lowest BCUT2D eigenvalue weighted by molar-refractivity contribution is 0.0836. The van der Waals surface area contributed by atoms with Crippen molar-refractivity contribution in [3.63, 3.8) is 0 Å². The van der Waals surface area contributed by atoms with Crippen LogP contribution in [-0.2, 0) is 4.74 Å². The molecule has 26 heavy (non-hydrogen) atoms. The molecule has 0 aliphatic carbocycles. The van der Waals surface area contributed by atoms with Crippen molar-refractivity contribution in [2.75, 3.05) is 26.4 Å². The molecule has 0 saturated carbocycles. The molecular formula is C17H19F3N4O2. The minimum absolute atomic E-state index is 0.0499. The maximum atomic E-state index is 14.4. The van der Waals surface area contributed by atoms with Crippen LogP contribution >= 0.6 is 0 Å². The molecule has 0 atom stereocenters. The fourth-order valence-corrected chi connectivity index (χ4v) is 2.70.